The molecule has 60 heavy (non-hydrogen) atoms. The maximum atomic E-state index is 12.0. The number of aromatic nitrogens is 3. The molecule has 0 bridgehead atoms. The van der Waals surface area contributed by atoms with Gasteiger partial charge in [0, 0.05) is 66.7 Å². The van der Waals surface area contributed by atoms with Crippen LogP contribution in [0.4, 0.5) is 17.8 Å². The highest BCUT2D eigenvalue weighted by Crippen LogP contribution is 2.20. The fourth-order valence-electron chi connectivity index (χ4n) is 4.71. The van der Waals surface area contributed by atoms with Crippen LogP contribution < -0.4 is 19.4 Å². The molecule has 336 valence electrons. The van der Waals surface area contributed by atoms with Crippen molar-refractivity contribution in [1.29, 1.82) is 5.26 Å². The van der Waals surface area contributed by atoms with Gasteiger partial charge in [-0.3, -0.25) is 14.1 Å². The molecule has 2 aromatic carbocycles. The molecule has 0 unspecified atom stereocenters. The Morgan fingerprint density at radius 3 is 1.40 bits per heavy atom. The number of aryl methyl sites for hydroxylation is 1. The monoisotopic (exact) mass is 869 g/mol. The number of benzene rings is 2. The van der Waals surface area contributed by atoms with E-state index >= 15 is 0 Å². The first-order valence-corrected chi connectivity index (χ1v) is 19.7. The average Bonchev–Trinajstić information content (AvgIpc) is 3.24. The number of anilines is 3. The highest BCUT2D eigenvalue weighted by Gasteiger charge is 2.21. The normalized spacial score (nSPS) is 11.2. The minimum Gasteiger partial charge on any atom is -0.497 e. The lowest BCUT2D eigenvalue weighted by molar-refractivity contribution is 0.136. The van der Waals surface area contributed by atoms with Gasteiger partial charge in [-0.05, 0) is 43.3 Å². The van der Waals surface area contributed by atoms with Gasteiger partial charge >= 0.3 is 10.1 Å². The molecule has 1 heterocycles. The van der Waals surface area contributed by atoms with Crippen LogP contribution in [0.1, 0.15) is 11.1 Å². The van der Waals surface area contributed by atoms with Crippen molar-refractivity contribution in [3.63, 3.8) is 0 Å². The van der Waals surface area contributed by atoms with Crippen LogP contribution >= 0.6 is 0 Å². The number of methoxy groups -OCH3 is 5. The molecular weight excluding hydrogens is 811 g/mol. The van der Waals surface area contributed by atoms with Gasteiger partial charge in [0.2, 0.25) is 17.8 Å². The number of nitrogens with zero attached hydrogens (tertiary/aromatic N) is 9. The van der Waals surface area contributed by atoms with Crippen molar-refractivity contribution < 1.29 is 61.9 Å². The van der Waals surface area contributed by atoms with Gasteiger partial charge in [-0.2, -0.15) is 28.6 Å². The van der Waals surface area contributed by atoms with E-state index in [0.717, 1.165) is 5.56 Å². The molecule has 1 aromatic heterocycles. The molecule has 0 radical (unpaired) electrons. The molecular formula is C37H59N9O13S. The van der Waals surface area contributed by atoms with Crippen LogP contribution in [0.15, 0.2) is 58.6 Å². The molecule has 0 amide bonds. The standard InChI is InChI=1S/C16H14N2O4S.C15H30N6O6.C6H15NO3/c1-12-3-9-15(10-4-12)23(19,20)22-18-16(11-17)13-5-7-14(21-2)8-6-13;1-24-9-19(5-7-22)13-16-14(20(6-8-23)10-25-2)18-15(17-13)21(11-26-3)12-27-4;8-4-1-7(2-5-9)3-6-10/h3-10H,1-2H3;22-23H,5-12H2,1-4H3;8-10H,1-6H2/b18-16+;;. The Bertz CT molecular complexity index is 1660. The third kappa shape index (κ3) is 19.5. The van der Waals surface area contributed by atoms with Crippen LogP contribution in [0.25, 0.3) is 0 Å². The molecule has 0 aliphatic carbocycles. The molecule has 0 spiro atoms. The maximum Gasteiger partial charge on any atom is 0.358 e. The van der Waals surface area contributed by atoms with E-state index in [1.54, 1.807) is 84.4 Å². The number of aliphatic hydroxyl groups excluding tert-OH is 5. The minimum atomic E-state index is -4.07. The lowest BCUT2D eigenvalue weighted by Crippen LogP contribution is -2.36. The highest BCUT2D eigenvalue weighted by atomic mass is 32.2. The zero-order chi connectivity index (χ0) is 44.8. The van der Waals surface area contributed by atoms with E-state index in [1.165, 1.54) is 19.2 Å². The third-order valence-corrected chi connectivity index (χ3v) is 8.70. The first kappa shape index (κ1) is 53.2. The Labute approximate surface area is 351 Å². The molecule has 23 heteroatoms. The van der Waals surface area contributed by atoms with Gasteiger partial charge in [-0.1, -0.05) is 22.9 Å². The fourth-order valence-corrected chi connectivity index (χ4v) is 5.44. The zero-order valence-corrected chi connectivity index (χ0v) is 35.8. The largest absolute Gasteiger partial charge is 0.497 e. The van der Waals surface area contributed by atoms with Gasteiger partial charge in [-0.15, -0.1) is 0 Å². The van der Waals surface area contributed by atoms with Crippen molar-refractivity contribution in [2.24, 2.45) is 5.16 Å². The number of rotatable bonds is 26. The maximum absolute atomic E-state index is 12.0. The Morgan fingerprint density at radius 1 is 0.633 bits per heavy atom. The fraction of sp³-hybridized carbons (Fsp3) is 0.541. The number of ether oxygens (including phenoxy) is 5. The molecule has 3 rings (SSSR count). The van der Waals surface area contributed by atoms with Gasteiger partial charge in [0.05, 0.1) is 40.1 Å². The summed E-state index contributed by atoms with van der Waals surface area (Å²) in [6.45, 7) is 4.71. The van der Waals surface area contributed by atoms with Crippen LogP contribution in [-0.2, 0) is 33.3 Å². The van der Waals surface area contributed by atoms with E-state index in [-0.39, 0.29) is 83.7 Å². The van der Waals surface area contributed by atoms with Crippen LogP contribution in [0.5, 0.6) is 5.75 Å². The predicted molar refractivity (Wildman–Crippen MR) is 221 cm³/mol. The Morgan fingerprint density at radius 2 is 1.03 bits per heavy atom. The van der Waals surface area contributed by atoms with Gasteiger partial charge in [0.15, 0.2) is 5.71 Å². The second-order valence-electron chi connectivity index (χ2n) is 12.1. The molecule has 0 saturated carbocycles. The van der Waals surface area contributed by atoms with Gasteiger partial charge in [-0.25, -0.2) is 0 Å². The lowest BCUT2D eigenvalue weighted by atomic mass is 10.1. The summed E-state index contributed by atoms with van der Waals surface area (Å²) >= 11 is 0. The smallest absolute Gasteiger partial charge is 0.358 e. The minimum absolute atomic E-state index is 0.0288. The zero-order valence-electron chi connectivity index (χ0n) is 35.0. The van der Waals surface area contributed by atoms with Crippen LogP contribution in [0, 0.1) is 18.3 Å². The number of hydrogen-bond donors (Lipinski definition) is 5. The number of hydrogen-bond acceptors (Lipinski definition) is 22. The van der Waals surface area contributed by atoms with E-state index in [2.05, 4.69) is 24.4 Å². The van der Waals surface area contributed by atoms with E-state index in [9.17, 15) is 18.6 Å². The average molecular weight is 870 g/mol. The van der Waals surface area contributed by atoms with Crippen molar-refractivity contribution in [3.8, 4) is 11.8 Å². The van der Waals surface area contributed by atoms with Crippen molar-refractivity contribution in [2.75, 3.05) is 143 Å². The molecule has 0 fully saturated rings. The summed E-state index contributed by atoms with van der Waals surface area (Å²) in [5.74, 6) is 1.54. The molecule has 0 atom stereocenters. The summed E-state index contributed by atoms with van der Waals surface area (Å²) in [4.78, 5) is 20.1. The van der Waals surface area contributed by atoms with E-state index in [0.29, 0.717) is 48.8 Å². The molecule has 0 saturated heterocycles. The number of nitriles is 1. The van der Waals surface area contributed by atoms with Crippen molar-refractivity contribution in [2.45, 2.75) is 11.8 Å². The molecule has 22 nitrogen and oxygen atoms in total. The second kappa shape index (κ2) is 31.1. The summed E-state index contributed by atoms with van der Waals surface area (Å²) < 4.78 is 54.4. The first-order valence-electron chi connectivity index (χ1n) is 18.3. The van der Waals surface area contributed by atoms with Gasteiger partial charge in [0.25, 0.3) is 0 Å². The summed E-state index contributed by atoms with van der Waals surface area (Å²) in [6, 6.07) is 14.4. The third-order valence-electron chi connectivity index (χ3n) is 7.58. The quantitative estimate of drug-likeness (QED) is 0.0390. The van der Waals surface area contributed by atoms with Crippen molar-refractivity contribution in [3.05, 3.63) is 59.7 Å². The van der Waals surface area contributed by atoms with Crippen LogP contribution in [0.2, 0.25) is 0 Å². The van der Waals surface area contributed by atoms with E-state index in [4.69, 9.17) is 44.3 Å². The SMILES string of the molecule is COCN(CCO)c1nc(N(CCO)COC)nc(N(COC)COC)n1.COc1ccc(/C(C#N)=N/OS(=O)(=O)c2ccc(C)cc2)cc1.OCCN(CCO)CCO. The Balaban J connectivity index is 0.000000494. The molecule has 3 aromatic rings. The van der Waals surface area contributed by atoms with E-state index in [1.807, 2.05) is 13.0 Å². The molecule has 5 N–H and O–H groups in total. The Kier molecular flexibility index (Phi) is 27.6. The predicted octanol–water partition coefficient (Wildman–Crippen LogP) is -0.407. The molecule has 0 aliphatic heterocycles. The summed E-state index contributed by atoms with van der Waals surface area (Å²) in [6.07, 6.45) is 0. The van der Waals surface area contributed by atoms with Crippen molar-refractivity contribution in [1.82, 2.24) is 19.9 Å². The summed E-state index contributed by atoms with van der Waals surface area (Å²) in [5, 5.41) is 56.7. The highest BCUT2D eigenvalue weighted by molar-refractivity contribution is 7.86. The second-order valence-corrected chi connectivity index (χ2v) is 13.6. The summed E-state index contributed by atoms with van der Waals surface area (Å²) in [7, 11) is 3.64. The number of aliphatic hydroxyl groups is 5. The first-order chi connectivity index (χ1) is 28.9. The topological polar surface area (TPSA) is 278 Å². The van der Waals surface area contributed by atoms with Crippen LogP contribution in [-0.4, -0.2) is 188 Å². The number of oxime groups is 1. The van der Waals surface area contributed by atoms with E-state index < -0.39 is 10.1 Å². The Hall–Kier alpha value is -4.84. The van der Waals surface area contributed by atoms with Crippen LogP contribution in [0.3, 0.4) is 0 Å². The lowest BCUT2D eigenvalue weighted by Gasteiger charge is -2.27. The van der Waals surface area contributed by atoms with Crippen molar-refractivity contribution >= 4 is 33.7 Å². The van der Waals surface area contributed by atoms with Gasteiger partial charge < -0.3 is 59.0 Å². The molecule has 0 aliphatic rings. The summed E-state index contributed by atoms with van der Waals surface area (Å²) in [5.41, 5.74) is 1.19. The van der Waals surface area contributed by atoms with Gasteiger partial charge in [0.1, 0.15) is 43.6 Å².